The minimum absolute atomic E-state index is 0.0968. The van der Waals surface area contributed by atoms with Crippen molar-refractivity contribution in [3.8, 4) is 5.75 Å². The SMILES string of the molecule is O=C(c1ccc(COc2ccc3ccc(=O)oc3c2)cc1)N1CCCC1. The smallest absolute Gasteiger partial charge is 0.336 e. The Balaban J connectivity index is 1.43. The number of amides is 1. The van der Waals surface area contributed by atoms with Crippen molar-refractivity contribution in [2.75, 3.05) is 13.1 Å². The van der Waals surface area contributed by atoms with Crippen molar-refractivity contribution in [1.82, 2.24) is 4.90 Å². The highest BCUT2D eigenvalue weighted by atomic mass is 16.5. The Morgan fingerprint density at radius 1 is 1.00 bits per heavy atom. The van der Waals surface area contributed by atoms with E-state index in [-0.39, 0.29) is 11.5 Å². The number of nitrogens with zero attached hydrogens (tertiary/aromatic N) is 1. The van der Waals surface area contributed by atoms with Crippen molar-refractivity contribution >= 4 is 16.9 Å². The lowest BCUT2D eigenvalue weighted by atomic mass is 10.1. The summed E-state index contributed by atoms with van der Waals surface area (Å²) in [5, 5.41) is 0.849. The van der Waals surface area contributed by atoms with Crippen LogP contribution in [-0.2, 0) is 6.61 Å². The van der Waals surface area contributed by atoms with Gasteiger partial charge in [0, 0.05) is 36.2 Å². The van der Waals surface area contributed by atoms with E-state index in [0.717, 1.165) is 36.9 Å². The molecule has 5 nitrogen and oxygen atoms in total. The summed E-state index contributed by atoms with van der Waals surface area (Å²) in [6.45, 7) is 2.07. The zero-order valence-corrected chi connectivity index (χ0v) is 14.3. The molecule has 2 aromatic carbocycles. The third-order valence-electron chi connectivity index (χ3n) is 4.59. The Hall–Kier alpha value is -3.08. The van der Waals surface area contributed by atoms with Gasteiger partial charge in [-0.25, -0.2) is 4.79 Å². The van der Waals surface area contributed by atoms with E-state index in [1.165, 1.54) is 6.07 Å². The van der Waals surface area contributed by atoms with Gasteiger partial charge in [0.25, 0.3) is 5.91 Å². The molecule has 1 saturated heterocycles. The van der Waals surface area contributed by atoms with Gasteiger partial charge in [-0.3, -0.25) is 4.79 Å². The second-order valence-electron chi connectivity index (χ2n) is 6.44. The minimum atomic E-state index is -0.382. The first-order valence-corrected chi connectivity index (χ1v) is 8.74. The van der Waals surface area contributed by atoms with Gasteiger partial charge in [0.15, 0.2) is 0 Å². The van der Waals surface area contributed by atoms with Crippen molar-refractivity contribution in [1.29, 1.82) is 0 Å². The van der Waals surface area contributed by atoms with Gasteiger partial charge < -0.3 is 14.1 Å². The van der Waals surface area contributed by atoms with Gasteiger partial charge in [0.1, 0.15) is 17.9 Å². The van der Waals surface area contributed by atoms with Crippen LogP contribution in [0.5, 0.6) is 5.75 Å². The second-order valence-corrected chi connectivity index (χ2v) is 6.44. The molecule has 3 aromatic rings. The molecular weight excluding hydrogens is 330 g/mol. The highest BCUT2D eigenvalue weighted by molar-refractivity contribution is 5.94. The molecule has 26 heavy (non-hydrogen) atoms. The van der Waals surface area contributed by atoms with E-state index in [4.69, 9.17) is 9.15 Å². The summed E-state index contributed by atoms with van der Waals surface area (Å²) in [6.07, 6.45) is 2.17. The van der Waals surface area contributed by atoms with Gasteiger partial charge >= 0.3 is 5.63 Å². The van der Waals surface area contributed by atoms with E-state index in [0.29, 0.717) is 23.5 Å². The second kappa shape index (κ2) is 7.04. The first-order valence-electron chi connectivity index (χ1n) is 8.74. The van der Waals surface area contributed by atoms with Gasteiger partial charge in [0.2, 0.25) is 0 Å². The minimum Gasteiger partial charge on any atom is -0.489 e. The average molecular weight is 349 g/mol. The van der Waals surface area contributed by atoms with Crippen LogP contribution >= 0.6 is 0 Å². The molecule has 0 unspecified atom stereocenters. The number of hydrogen-bond acceptors (Lipinski definition) is 4. The lowest BCUT2D eigenvalue weighted by Gasteiger charge is -2.15. The lowest BCUT2D eigenvalue weighted by molar-refractivity contribution is 0.0793. The quantitative estimate of drug-likeness (QED) is 0.675. The predicted molar refractivity (Wildman–Crippen MR) is 98.4 cm³/mol. The summed E-state index contributed by atoms with van der Waals surface area (Å²) in [5.74, 6) is 0.726. The third-order valence-corrected chi connectivity index (χ3v) is 4.59. The average Bonchev–Trinajstić information content (AvgIpc) is 3.20. The first kappa shape index (κ1) is 16.4. The van der Waals surface area contributed by atoms with E-state index in [2.05, 4.69) is 0 Å². The number of benzene rings is 2. The van der Waals surface area contributed by atoms with E-state index in [9.17, 15) is 9.59 Å². The van der Waals surface area contributed by atoms with Crippen molar-refractivity contribution in [3.63, 3.8) is 0 Å². The van der Waals surface area contributed by atoms with Crippen molar-refractivity contribution < 1.29 is 13.9 Å². The van der Waals surface area contributed by atoms with Crippen LogP contribution in [0.4, 0.5) is 0 Å². The highest BCUT2D eigenvalue weighted by Gasteiger charge is 2.19. The number of carbonyl (C=O) groups is 1. The fraction of sp³-hybridized carbons (Fsp3) is 0.238. The van der Waals surface area contributed by atoms with Crippen molar-refractivity contribution in [2.45, 2.75) is 19.4 Å². The van der Waals surface area contributed by atoms with E-state index in [1.54, 1.807) is 12.1 Å². The molecule has 0 aliphatic carbocycles. The summed E-state index contributed by atoms with van der Waals surface area (Å²) in [7, 11) is 0. The Bertz CT molecular complexity index is 985. The van der Waals surface area contributed by atoms with E-state index < -0.39 is 0 Å². The Kier molecular flexibility index (Phi) is 4.44. The standard InChI is InChI=1S/C21H19NO4/c23-20-10-8-16-7-9-18(13-19(16)26-20)25-14-15-3-5-17(6-4-15)21(24)22-11-1-2-12-22/h3-10,13H,1-2,11-12,14H2. The van der Waals surface area contributed by atoms with Gasteiger partial charge in [-0.2, -0.15) is 0 Å². The zero-order valence-electron chi connectivity index (χ0n) is 14.3. The van der Waals surface area contributed by atoms with Crippen LogP contribution in [-0.4, -0.2) is 23.9 Å². The summed E-state index contributed by atoms with van der Waals surface area (Å²) in [6, 6.07) is 16.0. The van der Waals surface area contributed by atoms with Gasteiger partial charge in [0.05, 0.1) is 0 Å². The van der Waals surface area contributed by atoms with Crippen LogP contribution < -0.4 is 10.4 Å². The molecule has 1 aliphatic heterocycles. The topological polar surface area (TPSA) is 59.8 Å². The first-order chi connectivity index (χ1) is 12.7. The molecule has 1 amide bonds. The Morgan fingerprint density at radius 3 is 2.50 bits per heavy atom. The Labute approximate surface area is 150 Å². The normalized spacial score (nSPS) is 13.9. The molecule has 2 heterocycles. The van der Waals surface area contributed by atoms with Crippen LogP contribution in [0.3, 0.4) is 0 Å². The van der Waals surface area contributed by atoms with Gasteiger partial charge in [-0.15, -0.1) is 0 Å². The van der Waals surface area contributed by atoms with Gasteiger partial charge in [-0.1, -0.05) is 12.1 Å². The molecule has 0 saturated carbocycles. The fourth-order valence-corrected chi connectivity index (χ4v) is 3.14. The maximum Gasteiger partial charge on any atom is 0.336 e. The molecular formula is C21H19NO4. The zero-order chi connectivity index (χ0) is 17.9. The summed E-state index contributed by atoms with van der Waals surface area (Å²) < 4.78 is 11.0. The number of carbonyl (C=O) groups excluding carboxylic acids is 1. The van der Waals surface area contributed by atoms with Gasteiger partial charge in [-0.05, 0) is 48.7 Å². The number of fused-ring (bicyclic) bond motifs is 1. The summed E-state index contributed by atoms with van der Waals surface area (Å²) >= 11 is 0. The maximum atomic E-state index is 12.3. The summed E-state index contributed by atoms with van der Waals surface area (Å²) in [4.78, 5) is 25.6. The Morgan fingerprint density at radius 2 is 1.73 bits per heavy atom. The maximum absolute atomic E-state index is 12.3. The van der Waals surface area contributed by atoms with Crippen LogP contribution in [0.2, 0.25) is 0 Å². The summed E-state index contributed by atoms with van der Waals surface area (Å²) in [5.41, 5.74) is 1.80. The number of likely N-dealkylation sites (tertiary alicyclic amines) is 1. The largest absolute Gasteiger partial charge is 0.489 e. The monoisotopic (exact) mass is 349 g/mol. The lowest BCUT2D eigenvalue weighted by Crippen LogP contribution is -2.27. The van der Waals surface area contributed by atoms with Crippen LogP contribution in [0.25, 0.3) is 11.0 Å². The van der Waals surface area contributed by atoms with Crippen molar-refractivity contribution in [2.24, 2.45) is 0 Å². The van der Waals surface area contributed by atoms with Crippen LogP contribution in [0.15, 0.2) is 63.8 Å². The number of ether oxygens (including phenoxy) is 1. The number of rotatable bonds is 4. The fourth-order valence-electron chi connectivity index (χ4n) is 3.14. The molecule has 0 N–H and O–H groups in total. The molecule has 1 fully saturated rings. The molecule has 0 bridgehead atoms. The molecule has 4 rings (SSSR count). The van der Waals surface area contributed by atoms with Crippen molar-refractivity contribution in [3.05, 3.63) is 76.1 Å². The molecule has 5 heteroatoms. The molecule has 0 spiro atoms. The molecule has 1 aromatic heterocycles. The molecule has 1 aliphatic rings. The van der Waals surface area contributed by atoms with E-state index in [1.807, 2.05) is 41.3 Å². The molecule has 0 atom stereocenters. The van der Waals surface area contributed by atoms with Crippen LogP contribution in [0, 0.1) is 0 Å². The van der Waals surface area contributed by atoms with E-state index >= 15 is 0 Å². The molecule has 132 valence electrons. The van der Waals surface area contributed by atoms with Crippen LogP contribution in [0.1, 0.15) is 28.8 Å². The predicted octanol–water partition coefficient (Wildman–Crippen LogP) is 3.61. The number of hydrogen-bond donors (Lipinski definition) is 0. The third kappa shape index (κ3) is 3.47. The highest BCUT2D eigenvalue weighted by Crippen LogP contribution is 2.21. The molecule has 0 radical (unpaired) electrons.